The molecule has 1 unspecified atom stereocenters. The summed E-state index contributed by atoms with van der Waals surface area (Å²) in [6.07, 6.45) is 3.79. The number of nitrogens with two attached hydrogens (primary N) is 1. The zero-order valence-electron chi connectivity index (χ0n) is 11.2. The van der Waals surface area contributed by atoms with Gasteiger partial charge in [0.05, 0.1) is 11.0 Å². The molecule has 0 aliphatic heterocycles. The van der Waals surface area contributed by atoms with Crippen LogP contribution in [0.25, 0.3) is 11.0 Å². The molecule has 18 heavy (non-hydrogen) atoms. The van der Waals surface area contributed by atoms with E-state index >= 15 is 0 Å². The van der Waals surface area contributed by atoms with Crippen LogP contribution in [0.5, 0.6) is 0 Å². The summed E-state index contributed by atoms with van der Waals surface area (Å²) >= 11 is 0. The second-order valence-electron chi connectivity index (χ2n) is 5.56. The maximum atomic E-state index is 5.83. The Balaban J connectivity index is 2.01. The summed E-state index contributed by atoms with van der Waals surface area (Å²) in [5, 5.41) is 0. The van der Waals surface area contributed by atoms with E-state index in [1.165, 1.54) is 24.2 Å². The van der Waals surface area contributed by atoms with Gasteiger partial charge in [0.15, 0.2) is 0 Å². The van der Waals surface area contributed by atoms with Gasteiger partial charge in [-0.15, -0.1) is 0 Å². The lowest BCUT2D eigenvalue weighted by atomic mass is 10.1. The number of nitrogens with zero attached hydrogens (tertiary/aromatic N) is 2. The number of fused-ring (bicyclic) bond motifs is 1. The van der Waals surface area contributed by atoms with Gasteiger partial charge in [0.25, 0.3) is 0 Å². The van der Waals surface area contributed by atoms with Crippen LogP contribution in [0.1, 0.15) is 32.5 Å². The van der Waals surface area contributed by atoms with E-state index in [2.05, 4.69) is 24.5 Å². The van der Waals surface area contributed by atoms with Crippen molar-refractivity contribution in [3.8, 4) is 0 Å². The van der Waals surface area contributed by atoms with Crippen LogP contribution in [0.3, 0.4) is 0 Å². The van der Waals surface area contributed by atoms with Crippen LogP contribution in [0.2, 0.25) is 0 Å². The molecular weight excluding hydrogens is 222 g/mol. The summed E-state index contributed by atoms with van der Waals surface area (Å²) in [6, 6.07) is 6.06. The quantitative estimate of drug-likeness (QED) is 0.838. The molecule has 2 aromatic rings. The van der Waals surface area contributed by atoms with E-state index in [-0.39, 0.29) is 0 Å². The predicted molar refractivity (Wildman–Crippen MR) is 75.4 cm³/mol. The topological polar surface area (TPSA) is 43.8 Å². The fourth-order valence-electron chi connectivity index (χ4n) is 2.77. The van der Waals surface area contributed by atoms with Crippen molar-refractivity contribution >= 4 is 16.7 Å². The third-order valence-corrected chi connectivity index (χ3v) is 4.06. The molecule has 1 fully saturated rings. The van der Waals surface area contributed by atoms with Crippen molar-refractivity contribution in [2.75, 3.05) is 5.73 Å². The van der Waals surface area contributed by atoms with Crippen LogP contribution < -0.4 is 5.73 Å². The molecular formula is C15H21N3. The number of nitrogen functional groups attached to an aromatic ring is 1. The molecule has 0 radical (unpaired) electrons. The molecule has 0 spiro atoms. The maximum Gasteiger partial charge on any atom is 0.109 e. The molecule has 1 aliphatic carbocycles. The maximum absolute atomic E-state index is 5.83. The molecule has 0 amide bonds. The molecule has 1 heterocycles. The Morgan fingerprint density at radius 2 is 2.22 bits per heavy atom. The Bertz CT molecular complexity index is 566. The SMILES string of the molecule is CCc1nc2cc(N)ccc2n1CC(C)C1CC1. The highest BCUT2D eigenvalue weighted by molar-refractivity contribution is 5.79. The lowest BCUT2D eigenvalue weighted by molar-refractivity contribution is 0.429. The van der Waals surface area contributed by atoms with Gasteiger partial charge in [0, 0.05) is 18.7 Å². The number of aryl methyl sites for hydroxylation is 1. The van der Waals surface area contributed by atoms with Crippen molar-refractivity contribution in [3.63, 3.8) is 0 Å². The van der Waals surface area contributed by atoms with Crippen molar-refractivity contribution in [1.82, 2.24) is 9.55 Å². The predicted octanol–water partition coefficient (Wildman–Crippen LogP) is 3.23. The first-order chi connectivity index (χ1) is 8.69. The van der Waals surface area contributed by atoms with Crippen molar-refractivity contribution in [2.24, 2.45) is 11.8 Å². The molecule has 3 heteroatoms. The van der Waals surface area contributed by atoms with E-state index in [1.807, 2.05) is 12.1 Å². The van der Waals surface area contributed by atoms with Gasteiger partial charge in [-0.25, -0.2) is 4.98 Å². The first kappa shape index (κ1) is 11.6. The molecule has 2 N–H and O–H groups in total. The molecule has 0 saturated heterocycles. The standard InChI is InChI=1S/C15H21N3/c1-3-15-17-13-8-12(16)6-7-14(13)18(15)9-10(2)11-4-5-11/h6-8,10-11H,3-5,9,16H2,1-2H3. The van der Waals surface area contributed by atoms with E-state index in [0.29, 0.717) is 0 Å². The number of aromatic nitrogens is 2. The zero-order chi connectivity index (χ0) is 12.7. The van der Waals surface area contributed by atoms with E-state index in [4.69, 9.17) is 10.7 Å². The fraction of sp³-hybridized carbons (Fsp3) is 0.533. The molecule has 1 atom stereocenters. The molecule has 3 nitrogen and oxygen atoms in total. The van der Waals surface area contributed by atoms with Gasteiger partial charge in [-0.05, 0) is 42.9 Å². The van der Waals surface area contributed by atoms with Crippen LogP contribution in [0.4, 0.5) is 5.69 Å². The number of hydrogen-bond acceptors (Lipinski definition) is 2. The molecule has 3 rings (SSSR count). The smallest absolute Gasteiger partial charge is 0.109 e. The van der Waals surface area contributed by atoms with E-state index in [0.717, 1.165) is 36.0 Å². The van der Waals surface area contributed by atoms with E-state index in [1.54, 1.807) is 0 Å². The molecule has 96 valence electrons. The number of benzene rings is 1. The summed E-state index contributed by atoms with van der Waals surface area (Å²) in [7, 11) is 0. The number of rotatable bonds is 4. The Hall–Kier alpha value is -1.51. The van der Waals surface area contributed by atoms with Gasteiger partial charge in [0.1, 0.15) is 5.82 Å². The zero-order valence-corrected chi connectivity index (χ0v) is 11.2. The Morgan fingerprint density at radius 3 is 2.89 bits per heavy atom. The highest BCUT2D eigenvalue weighted by atomic mass is 15.1. The Kier molecular flexibility index (Phi) is 2.77. The highest BCUT2D eigenvalue weighted by Crippen LogP contribution is 2.38. The van der Waals surface area contributed by atoms with Gasteiger partial charge in [-0.1, -0.05) is 13.8 Å². The van der Waals surface area contributed by atoms with E-state index in [9.17, 15) is 0 Å². The minimum absolute atomic E-state index is 0.755. The highest BCUT2D eigenvalue weighted by Gasteiger charge is 2.28. The largest absolute Gasteiger partial charge is 0.399 e. The van der Waals surface area contributed by atoms with Gasteiger partial charge in [0.2, 0.25) is 0 Å². The van der Waals surface area contributed by atoms with Crippen molar-refractivity contribution < 1.29 is 0 Å². The molecule has 1 saturated carbocycles. The number of hydrogen-bond donors (Lipinski definition) is 1. The van der Waals surface area contributed by atoms with Crippen LogP contribution in [-0.4, -0.2) is 9.55 Å². The van der Waals surface area contributed by atoms with Gasteiger partial charge < -0.3 is 10.3 Å². The monoisotopic (exact) mass is 243 g/mol. The minimum atomic E-state index is 0.755. The van der Waals surface area contributed by atoms with E-state index < -0.39 is 0 Å². The third kappa shape index (κ3) is 1.98. The summed E-state index contributed by atoms with van der Waals surface area (Å²) in [6.45, 7) is 5.62. The fourth-order valence-corrected chi connectivity index (χ4v) is 2.77. The lowest BCUT2D eigenvalue weighted by Gasteiger charge is -2.14. The van der Waals surface area contributed by atoms with Gasteiger partial charge in [-0.3, -0.25) is 0 Å². The van der Waals surface area contributed by atoms with Crippen LogP contribution in [0.15, 0.2) is 18.2 Å². The second-order valence-corrected chi connectivity index (χ2v) is 5.56. The average molecular weight is 243 g/mol. The first-order valence-corrected chi connectivity index (χ1v) is 6.93. The van der Waals surface area contributed by atoms with Crippen LogP contribution in [0, 0.1) is 11.8 Å². The number of imidazole rings is 1. The van der Waals surface area contributed by atoms with Gasteiger partial charge >= 0.3 is 0 Å². The summed E-state index contributed by atoms with van der Waals surface area (Å²) in [4.78, 5) is 4.71. The van der Waals surface area contributed by atoms with Crippen molar-refractivity contribution in [3.05, 3.63) is 24.0 Å². The summed E-state index contributed by atoms with van der Waals surface area (Å²) in [5.74, 6) is 2.87. The lowest BCUT2D eigenvalue weighted by Crippen LogP contribution is -2.11. The van der Waals surface area contributed by atoms with Gasteiger partial charge in [-0.2, -0.15) is 0 Å². The van der Waals surface area contributed by atoms with Crippen LogP contribution in [-0.2, 0) is 13.0 Å². The third-order valence-electron chi connectivity index (χ3n) is 4.06. The van der Waals surface area contributed by atoms with Crippen molar-refractivity contribution in [2.45, 2.75) is 39.7 Å². The molecule has 1 aliphatic rings. The van der Waals surface area contributed by atoms with Crippen LogP contribution >= 0.6 is 0 Å². The molecule has 0 bridgehead atoms. The Morgan fingerprint density at radius 1 is 1.44 bits per heavy atom. The molecule has 1 aromatic carbocycles. The normalized spacial score (nSPS) is 17.2. The second kappa shape index (κ2) is 4.30. The number of anilines is 1. The first-order valence-electron chi connectivity index (χ1n) is 6.93. The minimum Gasteiger partial charge on any atom is -0.399 e. The average Bonchev–Trinajstić information content (AvgIpc) is 3.14. The summed E-state index contributed by atoms with van der Waals surface area (Å²) < 4.78 is 2.39. The van der Waals surface area contributed by atoms with Crippen molar-refractivity contribution in [1.29, 1.82) is 0 Å². The molecule has 1 aromatic heterocycles. The summed E-state index contributed by atoms with van der Waals surface area (Å²) in [5.41, 5.74) is 8.90. The Labute approximate surface area is 108 Å².